The maximum absolute atomic E-state index is 13.5. The van der Waals surface area contributed by atoms with E-state index in [2.05, 4.69) is 36.3 Å². The van der Waals surface area contributed by atoms with Gasteiger partial charge >= 0.3 is 0 Å². The average molecular weight is 511 g/mol. The van der Waals surface area contributed by atoms with Gasteiger partial charge in [0.2, 0.25) is 0 Å². The Morgan fingerprint density at radius 1 is 1.03 bits per heavy atom. The van der Waals surface area contributed by atoms with Crippen molar-refractivity contribution < 1.29 is 13.2 Å². The summed E-state index contributed by atoms with van der Waals surface area (Å²) in [4.78, 5) is 20.9. The van der Waals surface area contributed by atoms with Crippen LogP contribution in [-0.2, 0) is 9.84 Å². The van der Waals surface area contributed by atoms with E-state index in [0.717, 1.165) is 44.6 Å². The highest BCUT2D eigenvalue weighted by atomic mass is 32.2. The van der Waals surface area contributed by atoms with Crippen LogP contribution < -0.4 is 15.5 Å². The van der Waals surface area contributed by atoms with Crippen molar-refractivity contribution in [2.45, 2.75) is 87.8 Å². The van der Waals surface area contributed by atoms with Crippen molar-refractivity contribution in [2.75, 3.05) is 28.6 Å². The topological polar surface area (TPSA) is 91.4 Å². The van der Waals surface area contributed by atoms with Gasteiger partial charge in [0, 0.05) is 24.3 Å². The Morgan fingerprint density at radius 2 is 1.72 bits per heavy atom. The molecule has 194 valence electrons. The number of benzene rings is 1. The standard InChI is InChI=1S/C28H38N4O3S/c1-27(2,3)31-24-12-11-23(25(30-24)32-17-15-28(13-14-28)16-18-32)26(33)29-20-7-6-10-22(19-20)36(34,35)21-8-4-5-9-21/h6-7,10-12,19,21H,4-5,8-9,13-18H2,1-3H3,(H,29,33)(H,30,31). The average Bonchev–Trinajstić information content (AvgIpc) is 3.33. The number of carbonyl (C=O) groups excluding carboxylic acids is 1. The van der Waals surface area contributed by atoms with Crippen molar-refractivity contribution in [3.05, 3.63) is 42.0 Å². The maximum atomic E-state index is 13.5. The molecule has 0 unspecified atom stereocenters. The fraction of sp³-hybridized carbons (Fsp3) is 0.571. The molecule has 0 radical (unpaired) electrons. The van der Waals surface area contributed by atoms with E-state index >= 15 is 0 Å². The summed E-state index contributed by atoms with van der Waals surface area (Å²) in [6.07, 6.45) is 8.21. The zero-order valence-corrected chi connectivity index (χ0v) is 22.5. The number of nitrogens with zero attached hydrogens (tertiary/aromatic N) is 2. The van der Waals surface area contributed by atoms with Crippen molar-refractivity contribution in [2.24, 2.45) is 5.41 Å². The van der Waals surface area contributed by atoms with Crippen LogP contribution in [-0.4, -0.2) is 43.2 Å². The molecule has 8 heteroatoms. The molecule has 5 rings (SSSR count). The molecule has 2 heterocycles. The maximum Gasteiger partial charge on any atom is 0.259 e. The minimum absolute atomic E-state index is 0.154. The van der Waals surface area contributed by atoms with E-state index in [4.69, 9.17) is 4.98 Å². The number of carbonyl (C=O) groups is 1. The van der Waals surface area contributed by atoms with Gasteiger partial charge in [-0.25, -0.2) is 13.4 Å². The summed E-state index contributed by atoms with van der Waals surface area (Å²) in [6.45, 7) is 8.03. The number of aromatic nitrogens is 1. The molecule has 0 atom stereocenters. The van der Waals surface area contributed by atoms with Gasteiger partial charge in [-0.3, -0.25) is 4.79 Å². The number of sulfone groups is 1. The van der Waals surface area contributed by atoms with E-state index in [1.165, 1.54) is 12.8 Å². The molecule has 0 bridgehead atoms. The first-order valence-electron chi connectivity index (χ1n) is 13.2. The molecule has 2 aliphatic carbocycles. The molecular formula is C28H38N4O3S. The largest absolute Gasteiger partial charge is 0.365 e. The smallest absolute Gasteiger partial charge is 0.259 e. The summed E-state index contributed by atoms with van der Waals surface area (Å²) in [7, 11) is -3.40. The first-order chi connectivity index (χ1) is 17.0. The second-order valence-electron chi connectivity index (χ2n) is 11.9. The fourth-order valence-corrected chi connectivity index (χ4v) is 7.43. The van der Waals surface area contributed by atoms with Gasteiger partial charge in [0.1, 0.15) is 11.6 Å². The van der Waals surface area contributed by atoms with Crippen LogP contribution in [0.25, 0.3) is 0 Å². The van der Waals surface area contributed by atoms with Crippen LogP contribution in [0.2, 0.25) is 0 Å². The van der Waals surface area contributed by atoms with E-state index < -0.39 is 9.84 Å². The molecule has 2 saturated carbocycles. The Kier molecular flexibility index (Phi) is 6.52. The SMILES string of the molecule is CC(C)(C)Nc1ccc(C(=O)Nc2cccc(S(=O)(=O)C3CCCC3)c2)c(N2CCC3(CC2)CC3)n1. The van der Waals surface area contributed by atoms with E-state index in [1.807, 2.05) is 12.1 Å². The van der Waals surface area contributed by atoms with E-state index in [0.29, 0.717) is 35.3 Å². The van der Waals surface area contributed by atoms with Crippen LogP contribution in [0.3, 0.4) is 0 Å². The lowest BCUT2D eigenvalue weighted by atomic mass is 9.93. The molecule has 2 N–H and O–H groups in total. The molecule has 1 saturated heterocycles. The fourth-order valence-electron chi connectivity index (χ4n) is 5.53. The van der Waals surface area contributed by atoms with Gasteiger partial charge in [-0.05, 0) is 95.0 Å². The van der Waals surface area contributed by atoms with Crippen molar-refractivity contribution in [1.29, 1.82) is 0 Å². The first kappa shape index (κ1) is 25.1. The number of amides is 1. The second-order valence-corrected chi connectivity index (χ2v) is 14.1. The summed E-state index contributed by atoms with van der Waals surface area (Å²) >= 11 is 0. The summed E-state index contributed by atoms with van der Waals surface area (Å²) in [5.74, 6) is 1.15. The van der Waals surface area contributed by atoms with Gasteiger partial charge in [0.15, 0.2) is 9.84 Å². The number of hydrogen-bond donors (Lipinski definition) is 2. The minimum atomic E-state index is -3.40. The molecule has 7 nitrogen and oxygen atoms in total. The third-order valence-corrected chi connectivity index (χ3v) is 10.1. The molecule has 36 heavy (non-hydrogen) atoms. The summed E-state index contributed by atoms with van der Waals surface area (Å²) in [6, 6.07) is 10.3. The van der Waals surface area contributed by atoms with Gasteiger partial charge in [0.25, 0.3) is 5.91 Å². The van der Waals surface area contributed by atoms with Crippen molar-refractivity contribution in [1.82, 2.24) is 4.98 Å². The van der Waals surface area contributed by atoms with Gasteiger partial charge < -0.3 is 15.5 Å². The highest BCUT2D eigenvalue weighted by Crippen LogP contribution is 2.54. The van der Waals surface area contributed by atoms with Gasteiger partial charge in [0.05, 0.1) is 15.7 Å². The third kappa shape index (κ3) is 5.38. The van der Waals surface area contributed by atoms with Gasteiger partial charge in [-0.15, -0.1) is 0 Å². The van der Waals surface area contributed by atoms with Crippen LogP contribution in [0.4, 0.5) is 17.3 Å². The lowest BCUT2D eigenvalue weighted by molar-refractivity contribution is 0.102. The zero-order valence-electron chi connectivity index (χ0n) is 21.6. The predicted molar refractivity (Wildman–Crippen MR) is 145 cm³/mol. The van der Waals surface area contributed by atoms with Crippen LogP contribution in [0, 0.1) is 5.41 Å². The highest BCUT2D eigenvalue weighted by molar-refractivity contribution is 7.92. The lowest BCUT2D eigenvalue weighted by Gasteiger charge is -2.34. The van der Waals surface area contributed by atoms with Gasteiger partial charge in [-0.2, -0.15) is 0 Å². The van der Waals surface area contributed by atoms with Gasteiger partial charge in [-0.1, -0.05) is 18.9 Å². The van der Waals surface area contributed by atoms with Crippen molar-refractivity contribution in [3.63, 3.8) is 0 Å². The first-order valence-corrected chi connectivity index (χ1v) is 14.8. The van der Waals surface area contributed by atoms with Crippen LogP contribution in [0.5, 0.6) is 0 Å². The third-order valence-electron chi connectivity index (χ3n) is 7.87. The lowest BCUT2D eigenvalue weighted by Crippen LogP contribution is -2.37. The number of piperidine rings is 1. The molecule has 3 fully saturated rings. The predicted octanol–water partition coefficient (Wildman–Crippen LogP) is 5.64. The molecule has 1 amide bonds. The van der Waals surface area contributed by atoms with Crippen LogP contribution >= 0.6 is 0 Å². The molecule has 3 aliphatic rings. The van der Waals surface area contributed by atoms with Crippen LogP contribution in [0.1, 0.15) is 82.5 Å². The molecule has 1 aromatic carbocycles. The molecule has 1 spiro atoms. The van der Waals surface area contributed by atoms with E-state index in [9.17, 15) is 13.2 Å². The minimum Gasteiger partial charge on any atom is -0.365 e. The molecule has 1 aliphatic heterocycles. The Labute approximate surface area is 215 Å². The molecular weight excluding hydrogens is 472 g/mol. The monoisotopic (exact) mass is 510 g/mol. The Bertz CT molecular complexity index is 1230. The number of nitrogens with one attached hydrogen (secondary N) is 2. The summed E-state index contributed by atoms with van der Waals surface area (Å²) in [5, 5.41) is 6.04. The number of pyridine rings is 1. The second kappa shape index (κ2) is 9.36. The highest BCUT2D eigenvalue weighted by Gasteiger charge is 2.45. The van der Waals surface area contributed by atoms with Crippen molar-refractivity contribution >= 4 is 33.1 Å². The Hall–Kier alpha value is -2.61. The van der Waals surface area contributed by atoms with Crippen LogP contribution in [0.15, 0.2) is 41.3 Å². The number of hydrogen-bond acceptors (Lipinski definition) is 6. The van der Waals surface area contributed by atoms with E-state index in [-0.39, 0.29) is 21.6 Å². The number of rotatable bonds is 6. The molecule has 1 aromatic heterocycles. The number of anilines is 3. The Balaban J connectivity index is 1.40. The zero-order chi connectivity index (χ0) is 25.6. The summed E-state index contributed by atoms with van der Waals surface area (Å²) in [5.41, 5.74) is 1.35. The normalized spacial score (nSPS) is 19.9. The molecule has 2 aromatic rings. The van der Waals surface area contributed by atoms with Crippen molar-refractivity contribution in [3.8, 4) is 0 Å². The van der Waals surface area contributed by atoms with E-state index in [1.54, 1.807) is 24.3 Å². The quantitative estimate of drug-likeness (QED) is 0.523. The Morgan fingerprint density at radius 3 is 2.36 bits per heavy atom. The summed E-state index contributed by atoms with van der Waals surface area (Å²) < 4.78 is 26.2.